The number of aryl methyl sites for hydroxylation is 1. The summed E-state index contributed by atoms with van der Waals surface area (Å²) in [4.78, 5) is 28.0. The molecule has 8 heteroatoms. The molecule has 0 atom stereocenters. The van der Waals surface area contributed by atoms with Gasteiger partial charge in [0.2, 0.25) is 5.91 Å². The molecule has 1 saturated carbocycles. The van der Waals surface area contributed by atoms with Gasteiger partial charge in [0.15, 0.2) is 0 Å². The number of pyridine rings is 1. The fourth-order valence-corrected chi connectivity index (χ4v) is 2.81. The molecular formula is C15H16N4O3S. The first kappa shape index (κ1) is 15.5. The third-order valence-electron chi connectivity index (χ3n) is 3.30. The molecule has 2 amide bonds. The third-order valence-corrected chi connectivity index (χ3v) is 4.34. The minimum Gasteiger partial charge on any atom is -0.361 e. The molecule has 0 unspecified atom stereocenters. The second kappa shape index (κ2) is 6.82. The van der Waals surface area contributed by atoms with Crippen LogP contribution in [0.25, 0.3) is 0 Å². The highest BCUT2D eigenvalue weighted by atomic mass is 32.2. The lowest BCUT2D eigenvalue weighted by Crippen LogP contribution is -2.42. The molecule has 2 aromatic rings. The summed E-state index contributed by atoms with van der Waals surface area (Å²) in [6, 6.07) is 5.19. The fourth-order valence-electron chi connectivity index (χ4n) is 1.94. The Hall–Kier alpha value is -2.35. The Labute approximate surface area is 137 Å². The summed E-state index contributed by atoms with van der Waals surface area (Å²) in [6.45, 7) is 1.82. The van der Waals surface area contributed by atoms with Gasteiger partial charge in [-0.3, -0.25) is 20.4 Å². The Morgan fingerprint density at radius 3 is 2.91 bits per heavy atom. The maximum absolute atomic E-state index is 12.2. The Kier molecular flexibility index (Phi) is 4.61. The van der Waals surface area contributed by atoms with Crippen molar-refractivity contribution in [2.24, 2.45) is 5.92 Å². The van der Waals surface area contributed by atoms with Gasteiger partial charge in [0.05, 0.1) is 11.3 Å². The van der Waals surface area contributed by atoms with Gasteiger partial charge in [0, 0.05) is 23.9 Å². The van der Waals surface area contributed by atoms with Gasteiger partial charge < -0.3 is 4.52 Å². The average molecular weight is 332 g/mol. The minimum absolute atomic E-state index is 0.0356. The van der Waals surface area contributed by atoms with Gasteiger partial charge in [-0.15, -0.1) is 0 Å². The summed E-state index contributed by atoms with van der Waals surface area (Å²) in [5, 5.41) is 4.49. The van der Waals surface area contributed by atoms with E-state index >= 15 is 0 Å². The van der Waals surface area contributed by atoms with E-state index in [0.717, 1.165) is 24.3 Å². The summed E-state index contributed by atoms with van der Waals surface area (Å²) in [5.74, 6) is 0.791. The molecule has 0 aliphatic heterocycles. The van der Waals surface area contributed by atoms with Crippen LogP contribution in [0.15, 0.2) is 33.9 Å². The molecule has 0 radical (unpaired) electrons. The molecule has 2 heterocycles. The van der Waals surface area contributed by atoms with Gasteiger partial charge >= 0.3 is 0 Å². The SMILES string of the molecule is Cc1cc(CSc2ncccc2C(=O)NNC(=O)C2CC2)no1. The average Bonchev–Trinajstić information content (AvgIpc) is 3.33. The summed E-state index contributed by atoms with van der Waals surface area (Å²) in [5.41, 5.74) is 6.08. The molecule has 2 aromatic heterocycles. The van der Waals surface area contributed by atoms with Crippen molar-refractivity contribution in [2.45, 2.75) is 30.5 Å². The number of carbonyl (C=O) groups is 2. The molecule has 1 aliphatic rings. The molecule has 23 heavy (non-hydrogen) atoms. The van der Waals surface area contributed by atoms with Crippen LogP contribution in [0.4, 0.5) is 0 Å². The summed E-state index contributed by atoms with van der Waals surface area (Å²) in [7, 11) is 0. The Balaban J connectivity index is 1.61. The van der Waals surface area contributed by atoms with Gasteiger partial charge in [0.1, 0.15) is 10.8 Å². The van der Waals surface area contributed by atoms with Gasteiger partial charge in [-0.2, -0.15) is 0 Å². The summed E-state index contributed by atoms with van der Waals surface area (Å²) < 4.78 is 5.01. The number of aromatic nitrogens is 2. The van der Waals surface area contributed by atoms with Crippen molar-refractivity contribution in [2.75, 3.05) is 0 Å². The molecule has 0 bridgehead atoms. The number of amides is 2. The van der Waals surface area contributed by atoms with Crippen LogP contribution in [-0.2, 0) is 10.5 Å². The van der Waals surface area contributed by atoms with Crippen molar-refractivity contribution >= 4 is 23.6 Å². The van der Waals surface area contributed by atoms with Crippen LogP contribution in [0.1, 0.15) is 34.7 Å². The minimum atomic E-state index is -0.383. The first-order valence-corrected chi connectivity index (χ1v) is 8.22. The Morgan fingerprint density at radius 1 is 1.39 bits per heavy atom. The lowest BCUT2D eigenvalue weighted by Gasteiger charge is -2.09. The maximum atomic E-state index is 12.2. The number of carbonyl (C=O) groups excluding carboxylic acids is 2. The van der Waals surface area contributed by atoms with E-state index in [-0.39, 0.29) is 17.7 Å². The molecule has 0 saturated heterocycles. The van der Waals surface area contributed by atoms with Gasteiger partial charge in [-0.1, -0.05) is 16.9 Å². The normalized spacial score (nSPS) is 13.6. The predicted octanol–water partition coefficient (Wildman–Crippen LogP) is 1.84. The second-order valence-electron chi connectivity index (χ2n) is 5.29. The van der Waals surface area contributed by atoms with Crippen molar-refractivity contribution in [1.82, 2.24) is 21.0 Å². The van der Waals surface area contributed by atoms with Crippen LogP contribution >= 0.6 is 11.8 Å². The molecule has 0 spiro atoms. The highest BCUT2D eigenvalue weighted by Crippen LogP contribution is 2.28. The van der Waals surface area contributed by atoms with E-state index in [9.17, 15) is 9.59 Å². The van der Waals surface area contributed by atoms with E-state index in [0.29, 0.717) is 16.3 Å². The molecule has 120 valence electrons. The number of rotatable bonds is 5. The van der Waals surface area contributed by atoms with E-state index in [2.05, 4.69) is 21.0 Å². The second-order valence-corrected chi connectivity index (χ2v) is 6.26. The zero-order valence-corrected chi connectivity index (χ0v) is 13.4. The number of thioether (sulfide) groups is 1. The summed E-state index contributed by atoms with van der Waals surface area (Å²) in [6.07, 6.45) is 3.38. The number of hydrogen-bond donors (Lipinski definition) is 2. The number of hydrazine groups is 1. The number of nitrogens with zero attached hydrogens (tertiary/aromatic N) is 2. The Morgan fingerprint density at radius 2 is 2.22 bits per heavy atom. The number of hydrogen-bond acceptors (Lipinski definition) is 6. The van der Waals surface area contributed by atoms with Crippen LogP contribution in [0, 0.1) is 12.8 Å². The third kappa shape index (κ3) is 4.10. The first-order chi connectivity index (χ1) is 11.1. The van der Waals surface area contributed by atoms with Gasteiger partial charge in [0.25, 0.3) is 5.91 Å². The van der Waals surface area contributed by atoms with Crippen molar-refractivity contribution in [3.05, 3.63) is 41.4 Å². The van der Waals surface area contributed by atoms with Crippen molar-refractivity contribution in [1.29, 1.82) is 0 Å². The first-order valence-electron chi connectivity index (χ1n) is 7.23. The zero-order chi connectivity index (χ0) is 16.2. The molecule has 3 rings (SSSR count). The molecule has 0 aromatic carbocycles. The maximum Gasteiger partial charge on any atom is 0.272 e. The quantitative estimate of drug-likeness (QED) is 0.640. The van der Waals surface area contributed by atoms with Crippen LogP contribution in [-0.4, -0.2) is 22.0 Å². The van der Waals surface area contributed by atoms with Crippen LogP contribution in [0.5, 0.6) is 0 Å². The molecule has 1 aliphatic carbocycles. The van der Waals surface area contributed by atoms with Crippen LogP contribution in [0.2, 0.25) is 0 Å². The predicted molar refractivity (Wildman–Crippen MR) is 83.4 cm³/mol. The highest BCUT2D eigenvalue weighted by Gasteiger charge is 2.30. The zero-order valence-electron chi connectivity index (χ0n) is 12.5. The van der Waals surface area contributed by atoms with Crippen LogP contribution < -0.4 is 10.9 Å². The smallest absolute Gasteiger partial charge is 0.272 e. The lowest BCUT2D eigenvalue weighted by atomic mass is 10.3. The van der Waals surface area contributed by atoms with Gasteiger partial charge in [-0.25, -0.2) is 4.98 Å². The van der Waals surface area contributed by atoms with Crippen molar-refractivity contribution < 1.29 is 14.1 Å². The highest BCUT2D eigenvalue weighted by molar-refractivity contribution is 7.98. The number of nitrogens with one attached hydrogen (secondary N) is 2. The molecular weight excluding hydrogens is 316 g/mol. The van der Waals surface area contributed by atoms with E-state index < -0.39 is 0 Å². The Bertz CT molecular complexity index is 727. The van der Waals surface area contributed by atoms with E-state index in [4.69, 9.17) is 4.52 Å². The van der Waals surface area contributed by atoms with Crippen LogP contribution in [0.3, 0.4) is 0 Å². The standard InChI is InChI=1S/C15H16N4O3S/c1-9-7-11(19-22-9)8-23-15-12(3-2-6-16-15)14(21)18-17-13(20)10-4-5-10/h2-3,6-7,10H,4-5,8H2,1H3,(H,17,20)(H,18,21). The van der Waals surface area contributed by atoms with Gasteiger partial charge in [-0.05, 0) is 31.9 Å². The lowest BCUT2D eigenvalue weighted by molar-refractivity contribution is -0.123. The topological polar surface area (TPSA) is 97.1 Å². The van der Waals surface area contributed by atoms with E-state index in [1.807, 2.05) is 13.0 Å². The largest absolute Gasteiger partial charge is 0.361 e. The van der Waals surface area contributed by atoms with E-state index in [1.165, 1.54) is 11.8 Å². The molecule has 1 fully saturated rings. The van der Waals surface area contributed by atoms with E-state index in [1.54, 1.807) is 18.3 Å². The molecule has 2 N–H and O–H groups in total. The fraction of sp³-hybridized carbons (Fsp3) is 0.333. The van der Waals surface area contributed by atoms with Crippen molar-refractivity contribution in [3.63, 3.8) is 0 Å². The van der Waals surface area contributed by atoms with Crippen molar-refractivity contribution in [3.8, 4) is 0 Å². The summed E-state index contributed by atoms with van der Waals surface area (Å²) >= 11 is 1.39. The molecule has 7 nitrogen and oxygen atoms in total. The monoisotopic (exact) mass is 332 g/mol.